The number of nitrogens with zero attached hydrogens (tertiary/aromatic N) is 5. The smallest absolute Gasteiger partial charge is 0.497 e. The second kappa shape index (κ2) is 13.4. The van der Waals surface area contributed by atoms with E-state index in [0.717, 1.165) is 35.7 Å². The lowest BCUT2D eigenvalue weighted by Gasteiger charge is -2.22. The summed E-state index contributed by atoms with van der Waals surface area (Å²) in [5, 5.41) is 6.79. The van der Waals surface area contributed by atoms with E-state index in [1.807, 2.05) is 19.9 Å². The first-order valence-electron chi connectivity index (χ1n) is 13.7. The highest BCUT2D eigenvalue weighted by atomic mass is 32.2. The summed E-state index contributed by atoms with van der Waals surface area (Å²) in [6.45, 7) is 3.95. The second-order valence-corrected chi connectivity index (χ2v) is 11.0. The van der Waals surface area contributed by atoms with Gasteiger partial charge in [0.2, 0.25) is 5.91 Å². The first-order valence-corrected chi connectivity index (χ1v) is 14.7. The van der Waals surface area contributed by atoms with Crippen LogP contribution < -0.4 is 19.7 Å². The van der Waals surface area contributed by atoms with Crippen molar-refractivity contribution in [1.29, 1.82) is 0 Å². The number of thioether (sulfide) groups is 1. The summed E-state index contributed by atoms with van der Waals surface area (Å²) < 4.78 is 62.7. The summed E-state index contributed by atoms with van der Waals surface area (Å²) in [5.41, 5.74) is 2.58. The molecular weight excluding hydrogens is 628 g/mol. The highest BCUT2D eigenvalue weighted by molar-refractivity contribution is 8.15. The number of ether oxygens (including phenoxy) is 2. The molecule has 46 heavy (non-hydrogen) atoms. The van der Waals surface area contributed by atoms with Gasteiger partial charge in [-0.3, -0.25) is 9.69 Å². The van der Waals surface area contributed by atoms with Gasteiger partial charge in [0.25, 0.3) is 0 Å². The molecule has 1 aliphatic heterocycles. The van der Waals surface area contributed by atoms with Gasteiger partial charge < -0.3 is 14.8 Å². The topological polar surface area (TPSA) is 111 Å². The molecule has 1 fully saturated rings. The number of aliphatic imine (C=N–C) groups is 1. The third-order valence-corrected chi connectivity index (χ3v) is 7.55. The van der Waals surface area contributed by atoms with E-state index in [0.29, 0.717) is 28.5 Å². The summed E-state index contributed by atoms with van der Waals surface area (Å²) >= 11 is 1.10. The van der Waals surface area contributed by atoms with E-state index in [4.69, 9.17) is 4.74 Å². The van der Waals surface area contributed by atoms with Gasteiger partial charge in [-0.2, -0.15) is 4.99 Å². The van der Waals surface area contributed by atoms with Crippen molar-refractivity contribution >= 4 is 40.4 Å². The zero-order valence-electron chi connectivity index (χ0n) is 24.6. The summed E-state index contributed by atoms with van der Waals surface area (Å²) in [4.78, 5) is 35.0. The van der Waals surface area contributed by atoms with Gasteiger partial charge in [0.05, 0.1) is 24.2 Å². The number of methoxy groups -OCH3 is 1. The molecule has 3 amide bonds. The quantitative estimate of drug-likeness (QED) is 0.202. The molecule has 0 saturated carbocycles. The molecule has 2 heterocycles. The summed E-state index contributed by atoms with van der Waals surface area (Å²) in [6.07, 6.45) is -2.54. The Morgan fingerprint density at radius 2 is 1.76 bits per heavy atom. The van der Waals surface area contributed by atoms with Crippen LogP contribution in [-0.4, -0.2) is 51.1 Å². The maximum Gasteiger partial charge on any atom is 0.573 e. The van der Waals surface area contributed by atoms with Gasteiger partial charge in [-0.15, -0.1) is 18.3 Å². The van der Waals surface area contributed by atoms with Crippen LogP contribution in [0.1, 0.15) is 30.9 Å². The summed E-state index contributed by atoms with van der Waals surface area (Å²) in [7, 11) is 1.55. The number of anilines is 1. The molecule has 1 aliphatic rings. The highest BCUT2D eigenvalue weighted by Gasteiger charge is 2.33. The number of carbonyl (C=O) groups excluding carboxylic acids is 2. The van der Waals surface area contributed by atoms with E-state index >= 15 is 0 Å². The van der Waals surface area contributed by atoms with Crippen LogP contribution in [0.4, 0.5) is 28.0 Å². The van der Waals surface area contributed by atoms with Crippen LogP contribution in [-0.2, 0) is 4.79 Å². The minimum absolute atomic E-state index is 0.0518. The van der Waals surface area contributed by atoms with Crippen molar-refractivity contribution in [3.63, 3.8) is 0 Å². The Balaban J connectivity index is 1.25. The van der Waals surface area contributed by atoms with Gasteiger partial charge in [-0.25, -0.2) is 18.9 Å². The lowest BCUT2D eigenvalue weighted by atomic mass is 10.00. The van der Waals surface area contributed by atoms with Crippen LogP contribution in [0.15, 0.2) is 84.2 Å². The highest BCUT2D eigenvalue weighted by Crippen LogP contribution is 2.35. The van der Waals surface area contributed by atoms with Gasteiger partial charge in [-0.05, 0) is 53.9 Å². The lowest BCUT2D eigenvalue weighted by molar-refractivity contribution is -0.274. The van der Waals surface area contributed by atoms with Crippen molar-refractivity contribution in [1.82, 2.24) is 20.1 Å². The van der Waals surface area contributed by atoms with Gasteiger partial charge in [0, 0.05) is 17.3 Å². The Morgan fingerprint density at radius 1 is 1.07 bits per heavy atom. The predicted molar refractivity (Wildman–Crippen MR) is 166 cm³/mol. The number of hydrogen-bond donors (Lipinski definition) is 1. The average molecular weight is 655 g/mol. The maximum absolute atomic E-state index is 14.9. The van der Waals surface area contributed by atoms with Crippen molar-refractivity contribution in [2.75, 3.05) is 17.8 Å². The average Bonchev–Trinajstić information content (AvgIpc) is 3.66. The largest absolute Gasteiger partial charge is 0.573 e. The molecule has 238 valence electrons. The number of nitrogens with one attached hydrogen (secondary N) is 1. The van der Waals surface area contributed by atoms with Gasteiger partial charge in [0.15, 0.2) is 11.0 Å². The predicted octanol–water partition coefficient (Wildman–Crippen LogP) is 7.08. The van der Waals surface area contributed by atoms with Crippen LogP contribution in [0.25, 0.3) is 22.9 Å². The number of urea groups is 1. The van der Waals surface area contributed by atoms with E-state index in [1.165, 1.54) is 40.2 Å². The molecule has 5 rings (SSSR count). The third-order valence-electron chi connectivity index (χ3n) is 6.63. The molecule has 4 aromatic rings. The maximum atomic E-state index is 14.9. The molecule has 1 N–H and O–H groups in total. The summed E-state index contributed by atoms with van der Waals surface area (Å²) in [6, 6.07) is 15.6. The lowest BCUT2D eigenvalue weighted by Crippen LogP contribution is -2.31. The molecule has 15 heteroatoms. The van der Waals surface area contributed by atoms with Crippen LogP contribution >= 0.6 is 11.8 Å². The fourth-order valence-corrected chi connectivity index (χ4v) is 5.29. The Kier molecular flexibility index (Phi) is 9.41. The van der Waals surface area contributed by atoms with Gasteiger partial charge in [0.1, 0.15) is 23.7 Å². The minimum atomic E-state index is -4.79. The number of rotatable bonds is 8. The number of alkyl halides is 3. The fraction of sp³-hybridized carbons (Fsp3) is 0.194. The van der Waals surface area contributed by atoms with Gasteiger partial charge in [-0.1, -0.05) is 49.9 Å². The van der Waals surface area contributed by atoms with Crippen LogP contribution in [0.5, 0.6) is 11.5 Å². The molecule has 1 saturated heterocycles. The molecule has 0 aliphatic carbocycles. The molecule has 1 aromatic heterocycles. The van der Waals surface area contributed by atoms with E-state index in [-0.39, 0.29) is 34.1 Å². The first-order chi connectivity index (χ1) is 21.9. The summed E-state index contributed by atoms with van der Waals surface area (Å²) in [5.74, 6) is -0.272. The SMILES string of the molecule is COc1ccc(N2C(=O)CSC2=NC(=O)N/C=C(\F)c2ccc(-c3ncn(-c4ccc(OC(F)(F)F)cc4)n3)cc2)c(C(C)C)c1. The van der Waals surface area contributed by atoms with Crippen molar-refractivity contribution in [2.24, 2.45) is 4.99 Å². The van der Waals surface area contributed by atoms with Crippen molar-refractivity contribution < 1.29 is 36.6 Å². The number of carbonyl (C=O) groups is 2. The van der Waals surface area contributed by atoms with E-state index in [1.54, 1.807) is 31.4 Å². The van der Waals surface area contributed by atoms with E-state index in [2.05, 4.69) is 25.1 Å². The number of halogens is 4. The normalized spacial score (nSPS) is 14.7. The number of hydrogen-bond acceptors (Lipinski definition) is 7. The molecule has 10 nitrogen and oxygen atoms in total. The van der Waals surface area contributed by atoms with Crippen LogP contribution in [0, 0.1) is 0 Å². The van der Waals surface area contributed by atoms with E-state index < -0.39 is 18.2 Å². The first kappa shape index (κ1) is 32.2. The standard InChI is InChI=1S/C31H26F4N6O4S/c1-18(2)24-14-23(44-3)12-13-26(24)41-27(42)16-46-30(41)38-29(43)36-15-25(32)19-4-6-20(7-5-19)28-37-17-40(39-28)21-8-10-22(11-9-21)45-31(33,34)35/h4-15,17-18H,16H2,1-3H3,(H,36,43)/b25-15-,38-30?. The molecule has 0 atom stereocenters. The Hall–Kier alpha value is -5.18. The molecular formula is C31H26F4N6O4S. The van der Waals surface area contributed by atoms with Crippen molar-refractivity contribution in [2.45, 2.75) is 26.1 Å². The van der Waals surface area contributed by atoms with E-state index in [9.17, 15) is 27.2 Å². The van der Waals surface area contributed by atoms with Crippen molar-refractivity contribution in [3.05, 3.63) is 90.4 Å². The molecule has 0 unspecified atom stereocenters. The Morgan fingerprint density at radius 3 is 2.41 bits per heavy atom. The van der Waals surface area contributed by atoms with Crippen LogP contribution in [0.3, 0.4) is 0 Å². The van der Waals surface area contributed by atoms with Crippen LogP contribution in [0.2, 0.25) is 0 Å². The zero-order chi connectivity index (χ0) is 33.0. The van der Waals surface area contributed by atoms with Gasteiger partial charge >= 0.3 is 12.4 Å². The molecule has 0 spiro atoms. The molecule has 0 radical (unpaired) electrons. The zero-order valence-corrected chi connectivity index (χ0v) is 25.4. The number of benzene rings is 3. The molecule has 3 aromatic carbocycles. The Bertz CT molecular complexity index is 1800. The minimum Gasteiger partial charge on any atom is -0.497 e. The monoisotopic (exact) mass is 654 g/mol. The second-order valence-electron chi connectivity index (χ2n) is 10.1. The third kappa shape index (κ3) is 7.54. The Labute approximate surface area is 264 Å². The fourth-order valence-electron chi connectivity index (χ4n) is 4.43. The van der Waals surface area contributed by atoms with Crippen molar-refractivity contribution in [3.8, 4) is 28.6 Å². The number of amidine groups is 1. The number of aromatic nitrogens is 3. The molecule has 0 bridgehead atoms. The number of amides is 3.